The molecular formula is C18H20N2O2. The molecule has 0 saturated carbocycles. The molecule has 0 radical (unpaired) electrons. The lowest BCUT2D eigenvalue weighted by Crippen LogP contribution is -2.29. The quantitative estimate of drug-likeness (QED) is 0.947. The number of hydrogen-bond acceptors (Lipinski definition) is 3. The van der Waals surface area contributed by atoms with Crippen LogP contribution in [0.15, 0.2) is 42.7 Å². The number of aliphatic hydroxyl groups is 1. The molecule has 1 aromatic heterocycles. The van der Waals surface area contributed by atoms with Crippen LogP contribution in [0.4, 0.5) is 0 Å². The summed E-state index contributed by atoms with van der Waals surface area (Å²) in [5.41, 5.74) is 3.81. The Morgan fingerprint density at radius 2 is 2.18 bits per heavy atom. The minimum Gasteiger partial charge on any atom is -0.396 e. The topological polar surface area (TPSA) is 53.4 Å². The third-order valence-electron chi connectivity index (χ3n) is 4.17. The molecule has 1 aromatic carbocycles. The normalized spacial score (nSPS) is 17.7. The van der Waals surface area contributed by atoms with Crippen LogP contribution >= 0.6 is 0 Å². The molecule has 1 N–H and O–H groups in total. The van der Waals surface area contributed by atoms with Crippen molar-refractivity contribution in [1.82, 2.24) is 9.88 Å². The maximum absolute atomic E-state index is 12.6. The molecule has 4 nitrogen and oxygen atoms in total. The number of aromatic nitrogens is 1. The second-order valence-electron chi connectivity index (χ2n) is 5.92. The van der Waals surface area contributed by atoms with Crippen LogP contribution in [0.5, 0.6) is 0 Å². The molecule has 3 rings (SSSR count). The fraction of sp³-hybridized carbons (Fsp3) is 0.333. The van der Waals surface area contributed by atoms with Gasteiger partial charge in [-0.2, -0.15) is 0 Å². The SMILES string of the molecule is Cc1cccc(-c2cncc(C(=O)N3CCC(CO)C3)c2)c1. The van der Waals surface area contributed by atoms with E-state index in [9.17, 15) is 9.90 Å². The van der Waals surface area contributed by atoms with Gasteiger partial charge in [-0.25, -0.2) is 0 Å². The minimum atomic E-state index is -0.00190. The summed E-state index contributed by atoms with van der Waals surface area (Å²) >= 11 is 0. The lowest BCUT2D eigenvalue weighted by Gasteiger charge is -2.16. The first-order valence-electron chi connectivity index (χ1n) is 7.59. The molecule has 1 amide bonds. The zero-order valence-corrected chi connectivity index (χ0v) is 12.7. The molecule has 0 spiro atoms. The van der Waals surface area contributed by atoms with Crippen LogP contribution in [-0.4, -0.2) is 40.6 Å². The van der Waals surface area contributed by atoms with Gasteiger partial charge in [-0.15, -0.1) is 0 Å². The van der Waals surface area contributed by atoms with Crippen molar-refractivity contribution in [3.8, 4) is 11.1 Å². The molecule has 0 aliphatic carbocycles. The maximum Gasteiger partial charge on any atom is 0.255 e. The summed E-state index contributed by atoms with van der Waals surface area (Å²) in [6, 6.07) is 10.1. The summed E-state index contributed by atoms with van der Waals surface area (Å²) in [6.45, 7) is 3.53. The number of amides is 1. The minimum absolute atomic E-state index is 0.00190. The molecular weight excluding hydrogens is 276 g/mol. The van der Waals surface area contributed by atoms with E-state index in [2.05, 4.69) is 11.1 Å². The van der Waals surface area contributed by atoms with Crippen molar-refractivity contribution < 1.29 is 9.90 Å². The van der Waals surface area contributed by atoms with Gasteiger partial charge in [0.05, 0.1) is 5.56 Å². The Morgan fingerprint density at radius 3 is 2.91 bits per heavy atom. The van der Waals surface area contributed by atoms with Crippen LogP contribution in [0.1, 0.15) is 22.3 Å². The Balaban J connectivity index is 1.84. The van der Waals surface area contributed by atoms with E-state index in [1.54, 1.807) is 17.3 Å². The van der Waals surface area contributed by atoms with Gasteiger partial charge in [-0.3, -0.25) is 9.78 Å². The summed E-state index contributed by atoms with van der Waals surface area (Å²) in [5.74, 6) is 0.204. The van der Waals surface area contributed by atoms with E-state index in [-0.39, 0.29) is 18.4 Å². The van der Waals surface area contributed by atoms with E-state index in [4.69, 9.17) is 0 Å². The number of benzene rings is 1. The molecule has 1 aliphatic heterocycles. The van der Waals surface area contributed by atoms with Crippen LogP contribution in [-0.2, 0) is 0 Å². The largest absolute Gasteiger partial charge is 0.396 e. The number of aliphatic hydroxyl groups excluding tert-OH is 1. The molecule has 22 heavy (non-hydrogen) atoms. The zero-order chi connectivity index (χ0) is 15.5. The lowest BCUT2D eigenvalue weighted by atomic mass is 10.0. The summed E-state index contributed by atoms with van der Waals surface area (Å²) in [7, 11) is 0. The van der Waals surface area contributed by atoms with E-state index >= 15 is 0 Å². The predicted octanol–water partition coefficient (Wildman–Crippen LogP) is 2.51. The van der Waals surface area contributed by atoms with Crippen LogP contribution in [0, 0.1) is 12.8 Å². The highest BCUT2D eigenvalue weighted by Gasteiger charge is 2.26. The molecule has 0 bridgehead atoms. The fourth-order valence-corrected chi connectivity index (χ4v) is 2.89. The van der Waals surface area contributed by atoms with E-state index in [1.807, 2.05) is 31.2 Å². The molecule has 4 heteroatoms. The Labute approximate surface area is 130 Å². The predicted molar refractivity (Wildman–Crippen MR) is 85.5 cm³/mol. The molecule has 1 saturated heterocycles. The van der Waals surface area contributed by atoms with Gasteiger partial charge in [-0.05, 0) is 25.0 Å². The fourth-order valence-electron chi connectivity index (χ4n) is 2.89. The highest BCUT2D eigenvalue weighted by Crippen LogP contribution is 2.23. The van der Waals surface area contributed by atoms with Crippen molar-refractivity contribution in [2.45, 2.75) is 13.3 Å². The zero-order valence-electron chi connectivity index (χ0n) is 12.7. The van der Waals surface area contributed by atoms with Crippen molar-refractivity contribution in [2.24, 2.45) is 5.92 Å². The second-order valence-corrected chi connectivity index (χ2v) is 5.92. The molecule has 1 unspecified atom stereocenters. The van der Waals surface area contributed by atoms with Gasteiger partial charge in [0.15, 0.2) is 0 Å². The first kappa shape index (κ1) is 14.7. The number of likely N-dealkylation sites (tertiary alicyclic amines) is 1. The third kappa shape index (κ3) is 3.02. The van der Waals surface area contributed by atoms with Gasteiger partial charge < -0.3 is 10.0 Å². The lowest BCUT2D eigenvalue weighted by molar-refractivity contribution is 0.0781. The number of nitrogens with zero attached hydrogens (tertiary/aromatic N) is 2. The van der Waals surface area contributed by atoms with Gasteiger partial charge in [0.25, 0.3) is 5.91 Å². The van der Waals surface area contributed by atoms with Crippen molar-refractivity contribution in [3.05, 3.63) is 53.9 Å². The number of carbonyl (C=O) groups is 1. The average molecular weight is 296 g/mol. The molecule has 1 atom stereocenters. The van der Waals surface area contributed by atoms with Crippen LogP contribution in [0.2, 0.25) is 0 Å². The number of pyridine rings is 1. The number of rotatable bonds is 3. The maximum atomic E-state index is 12.6. The van der Waals surface area contributed by atoms with E-state index in [0.29, 0.717) is 18.7 Å². The van der Waals surface area contributed by atoms with Crippen molar-refractivity contribution in [2.75, 3.05) is 19.7 Å². The molecule has 1 aliphatic rings. The van der Waals surface area contributed by atoms with E-state index in [1.165, 1.54) is 5.56 Å². The first-order valence-corrected chi connectivity index (χ1v) is 7.59. The second kappa shape index (κ2) is 6.28. The van der Waals surface area contributed by atoms with Crippen LogP contribution in [0.25, 0.3) is 11.1 Å². The monoisotopic (exact) mass is 296 g/mol. The van der Waals surface area contributed by atoms with Crippen molar-refractivity contribution in [3.63, 3.8) is 0 Å². The standard InChI is InChI=1S/C18H20N2O2/c1-13-3-2-4-15(7-13)16-8-17(10-19-9-16)18(22)20-6-5-14(11-20)12-21/h2-4,7-10,14,21H,5-6,11-12H2,1H3. The number of carbonyl (C=O) groups excluding carboxylic acids is 1. The van der Waals surface area contributed by atoms with Gasteiger partial charge in [0, 0.05) is 43.6 Å². The summed E-state index contributed by atoms with van der Waals surface area (Å²) < 4.78 is 0. The molecule has 2 heterocycles. The van der Waals surface area contributed by atoms with Gasteiger partial charge in [-0.1, -0.05) is 29.8 Å². The number of hydrogen-bond donors (Lipinski definition) is 1. The van der Waals surface area contributed by atoms with E-state index < -0.39 is 0 Å². The smallest absolute Gasteiger partial charge is 0.255 e. The third-order valence-corrected chi connectivity index (χ3v) is 4.17. The first-order chi connectivity index (χ1) is 10.7. The summed E-state index contributed by atoms with van der Waals surface area (Å²) in [5, 5.41) is 9.20. The Kier molecular flexibility index (Phi) is 4.20. The summed E-state index contributed by atoms with van der Waals surface area (Å²) in [6.07, 6.45) is 4.27. The average Bonchev–Trinajstić information content (AvgIpc) is 3.03. The van der Waals surface area contributed by atoms with Crippen molar-refractivity contribution in [1.29, 1.82) is 0 Å². The van der Waals surface area contributed by atoms with Gasteiger partial charge in [0.2, 0.25) is 0 Å². The van der Waals surface area contributed by atoms with Crippen LogP contribution < -0.4 is 0 Å². The molecule has 1 fully saturated rings. The van der Waals surface area contributed by atoms with Gasteiger partial charge >= 0.3 is 0 Å². The number of aryl methyl sites for hydroxylation is 1. The highest BCUT2D eigenvalue weighted by molar-refractivity contribution is 5.95. The van der Waals surface area contributed by atoms with Crippen LogP contribution in [0.3, 0.4) is 0 Å². The highest BCUT2D eigenvalue weighted by atomic mass is 16.3. The molecule has 2 aromatic rings. The van der Waals surface area contributed by atoms with Gasteiger partial charge in [0.1, 0.15) is 0 Å². The molecule has 114 valence electrons. The Hall–Kier alpha value is -2.20. The Morgan fingerprint density at radius 1 is 1.32 bits per heavy atom. The Bertz CT molecular complexity index is 684. The van der Waals surface area contributed by atoms with E-state index in [0.717, 1.165) is 17.5 Å². The summed E-state index contributed by atoms with van der Waals surface area (Å²) in [4.78, 5) is 18.6. The van der Waals surface area contributed by atoms with Crippen molar-refractivity contribution >= 4 is 5.91 Å².